The van der Waals surface area contributed by atoms with Crippen molar-refractivity contribution in [2.75, 3.05) is 24.5 Å². The molecule has 4 aliphatic rings. The molecule has 3 saturated heterocycles. The Kier molecular flexibility index (Phi) is 7.78. The summed E-state index contributed by atoms with van der Waals surface area (Å²) in [5, 5.41) is 15.4. The van der Waals surface area contributed by atoms with Crippen LogP contribution in [0.4, 0.5) is 14.9 Å². The van der Waals surface area contributed by atoms with Gasteiger partial charge >= 0.3 is 6.03 Å². The summed E-state index contributed by atoms with van der Waals surface area (Å²) in [5.74, 6) is -0.0542. The molecule has 1 N–H and O–H groups in total. The first-order valence-corrected chi connectivity index (χ1v) is 17.2. The van der Waals surface area contributed by atoms with E-state index in [1.165, 1.54) is 0 Å². The number of carbonyl (C=O) groups excluding carboxylic acids is 1. The summed E-state index contributed by atoms with van der Waals surface area (Å²) in [6.45, 7) is 6.18. The molecule has 2 aromatic carbocycles. The lowest BCUT2D eigenvalue weighted by Crippen LogP contribution is -2.51. The number of carbonyl (C=O) groups is 1. The molecule has 1 aliphatic carbocycles. The first-order chi connectivity index (χ1) is 23.3. The molecule has 4 fully saturated rings. The van der Waals surface area contributed by atoms with Gasteiger partial charge in [0, 0.05) is 71.6 Å². The van der Waals surface area contributed by atoms with Gasteiger partial charge < -0.3 is 14.8 Å². The highest BCUT2D eigenvalue weighted by molar-refractivity contribution is 6.43. The normalized spacial score (nSPS) is 21.2. The maximum atomic E-state index is 17.0. The van der Waals surface area contributed by atoms with Gasteiger partial charge in [-0.15, -0.1) is 0 Å². The summed E-state index contributed by atoms with van der Waals surface area (Å²) in [6.07, 6.45) is 5.89. The van der Waals surface area contributed by atoms with E-state index in [9.17, 15) is 10.1 Å². The van der Waals surface area contributed by atoms with Crippen molar-refractivity contribution in [1.82, 2.24) is 24.8 Å². The Morgan fingerprint density at radius 2 is 2.02 bits per heavy atom. The predicted molar refractivity (Wildman–Crippen MR) is 187 cm³/mol. The lowest BCUT2D eigenvalue weighted by atomic mass is 9.79. The minimum Gasteiger partial charge on any atom is -0.337 e. The number of anilines is 1. The van der Waals surface area contributed by atoms with Crippen molar-refractivity contribution in [3.05, 3.63) is 87.7 Å². The lowest BCUT2D eigenvalue weighted by Gasteiger charge is -2.42. The maximum absolute atomic E-state index is 17.0. The summed E-state index contributed by atoms with van der Waals surface area (Å²) in [4.78, 5) is 26.9. The summed E-state index contributed by atoms with van der Waals surface area (Å²) in [7, 11) is 0. The molecule has 1 saturated carbocycles. The third-order valence-electron chi connectivity index (χ3n) is 10.5. The van der Waals surface area contributed by atoms with E-state index in [0.717, 1.165) is 41.7 Å². The molecule has 6 heterocycles. The topological polar surface area (TPSA) is 90.1 Å². The van der Waals surface area contributed by atoms with E-state index in [-0.39, 0.29) is 41.1 Å². The molecule has 9 rings (SSSR count). The molecule has 5 aromatic rings. The molecule has 3 aliphatic heterocycles. The van der Waals surface area contributed by atoms with Crippen molar-refractivity contribution >= 4 is 56.7 Å². The van der Waals surface area contributed by atoms with Crippen LogP contribution in [0.5, 0.6) is 0 Å². The SMILES string of the molecule is Cc1nc2c(F)c(-c3cccc(Cl)c3Cl)c(CCC#N)cc2c2c1cc([C@@H](C)N1CCCN(c3cccnc3)C1=O)n2[C@H]1[C@H]2CN[C@@H]1C2. The second-order valence-corrected chi connectivity index (χ2v) is 13.9. The van der Waals surface area contributed by atoms with E-state index < -0.39 is 5.82 Å². The van der Waals surface area contributed by atoms with E-state index in [4.69, 9.17) is 28.2 Å². The Bertz CT molecular complexity index is 2130. The van der Waals surface area contributed by atoms with E-state index in [2.05, 4.69) is 33.9 Å². The van der Waals surface area contributed by atoms with Crippen molar-refractivity contribution in [3.63, 3.8) is 0 Å². The maximum Gasteiger partial charge on any atom is 0.325 e. The third-order valence-corrected chi connectivity index (χ3v) is 11.4. The molecule has 11 heteroatoms. The van der Waals surface area contributed by atoms with Crippen LogP contribution < -0.4 is 10.2 Å². The van der Waals surface area contributed by atoms with Gasteiger partial charge in [-0.3, -0.25) is 9.88 Å². The van der Waals surface area contributed by atoms with Crippen LogP contribution in [0.25, 0.3) is 32.9 Å². The molecular weight excluding hydrogens is 648 g/mol. The molecule has 8 nitrogen and oxygen atoms in total. The largest absolute Gasteiger partial charge is 0.337 e. The molecule has 0 radical (unpaired) electrons. The Morgan fingerprint density at radius 1 is 1.17 bits per heavy atom. The zero-order valence-corrected chi connectivity index (χ0v) is 28.2. The summed E-state index contributed by atoms with van der Waals surface area (Å²) in [6, 6.07) is 15.4. The number of aromatic nitrogens is 3. The fourth-order valence-electron chi connectivity index (χ4n) is 8.18. The highest BCUT2D eigenvalue weighted by atomic mass is 35.5. The average molecular weight is 683 g/mol. The summed E-state index contributed by atoms with van der Waals surface area (Å²) in [5.41, 5.74) is 5.13. The molecule has 4 atom stereocenters. The average Bonchev–Trinajstić information content (AvgIpc) is 3.83. The van der Waals surface area contributed by atoms with Crippen molar-refractivity contribution in [2.45, 2.75) is 57.7 Å². The third kappa shape index (κ3) is 4.76. The van der Waals surface area contributed by atoms with Gasteiger partial charge in [0.25, 0.3) is 0 Å². The Balaban J connectivity index is 1.35. The van der Waals surface area contributed by atoms with Crippen LogP contribution >= 0.6 is 23.2 Å². The molecule has 48 heavy (non-hydrogen) atoms. The van der Waals surface area contributed by atoms with Crippen molar-refractivity contribution < 1.29 is 9.18 Å². The van der Waals surface area contributed by atoms with Gasteiger partial charge in [-0.05, 0) is 74.9 Å². The van der Waals surface area contributed by atoms with Gasteiger partial charge in [0.05, 0.1) is 45.6 Å². The number of hydrogen-bond donors (Lipinski definition) is 1. The number of nitrogens with zero attached hydrogens (tertiary/aromatic N) is 6. The molecule has 244 valence electrons. The van der Waals surface area contributed by atoms with Crippen LogP contribution in [0.2, 0.25) is 10.0 Å². The number of nitriles is 1. The monoisotopic (exact) mass is 681 g/mol. The van der Waals surface area contributed by atoms with E-state index >= 15 is 4.39 Å². The predicted octanol–water partition coefficient (Wildman–Crippen LogP) is 8.39. The number of benzene rings is 2. The van der Waals surface area contributed by atoms with E-state index in [0.29, 0.717) is 58.2 Å². The van der Waals surface area contributed by atoms with Gasteiger partial charge in [0.1, 0.15) is 5.52 Å². The molecule has 0 spiro atoms. The van der Waals surface area contributed by atoms with Crippen LogP contribution in [0.15, 0.2) is 54.9 Å². The number of pyridine rings is 2. The lowest BCUT2D eigenvalue weighted by molar-refractivity contribution is 0.165. The number of rotatable bonds is 7. The molecule has 2 bridgehead atoms. The van der Waals surface area contributed by atoms with Crippen molar-refractivity contribution in [3.8, 4) is 17.2 Å². The number of urea groups is 1. The van der Waals surface area contributed by atoms with Crippen LogP contribution in [0, 0.1) is 30.0 Å². The van der Waals surface area contributed by atoms with Gasteiger partial charge in [-0.25, -0.2) is 14.2 Å². The summed E-state index contributed by atoms with van der Waals surface area (Å²) < 4.78 is 19.4. The number of halogens is 3. The molecule has 0 unspecified atom stereocenters. The first-order valence-electron chi connectivity index (χ1n) is 16.5. The Labute approximate surface area is 288 Å². The van der Waals surface area contributed by atoms with Crippen molar-refractivity contribution in [1.29, 1.82) is 5.26 Å². The minimum absolute atomic E-state index is 0.0548. The van der Waals surface area contributed by atoms with Gasteiger partial charge in [-0.2, -0.15) is 5.26 Å². The number of aryl methyl sites for hydroxylation is 2. The van der Waals surface area contributed by atoms with Gasteiger partial charge in [-0.1, -0.05) is 35.3 Å². The fraction of sp³-hybridized carbons (Fsp3) is 0.351. The minimum atomic E-state index is -0.481. The number of amides is 2. The highest BCUT2D eigenvalue weighted by Crippen LogP contribution is 2.50. The van der Waals surface area contributed by atoms with Crippen LogP contribution in [-0.4, -0.2) is 51.1 Å². The molecule has 3 aromatic heterocycles. The quantitative estimate of drug-likeness (QED) is 0.186. The molecule has 2 amide bonds. The fourth-order valence-corrected chi connectivity index (χ4v) is 8.58. The van der Waals surface area contributed by atoms with Gasteiger partial charge in [0.2, 0.25) is 0 Å². The van der Waals surface area contributed by atoms with E-state index in [1.807, 2.05) is 30.0 Å². The van der Waals surface area contributed by atoms with Crippen molar-refractivity contribution in [2.24, 2.45) is 5.92 Å². The first kappa shape index (κ1) is 31.1. The molecular formula is C37H34Cl2FN7O. The number of hydrogen-bond acceptors (Lipinski definition) is 5. The smallest absolute Gasteiger partial charge is 0.325 e. The zero-order chi connectivity index (χ0) is 33.3. The Hall–Kier alpha value is -4.23. The number of nitrogens with one attached hydrogen (secondary N) is 1. The van der Waals surface area contributed by atoms with Crippen LogP contribution in [-0.2, 0) is 6.42 Å². The zero-order valence-electron chi connectivity index (χ0n) is 26.7. The van der Waals surface area contributed by atoms with Gasteiger partial charge in [0.15, 0.2) is 5.82 Å². The van der Waals surface area contributed by atoms with Crippen LogP contribution in [0.3, 0.4) is 0 Å². The standard InChI is InChI=1S/C37H34Cl2FN7O/c1-20-26-17-30(21(2)45-13-6-14-46(37(45)48)24-8-5-12-42-19-24)47(35-23-16-29(35)43-18-23)36(26)27-15-22(7-4-11-41)31(33(40)34(27)44-20)25-9-3-10-28(38)32(25)39/h3,5,8-10,12,15,17,19,21,23,29,35,43H,4,6-7,13-14,16,18H2,1-2H3/t21-,23-,29-,35+/m1/s1. The highest BCUT2D eigenvalue weighted by Gasteiger charge is 2.49. The Morgan fingerprint density at radius 3 is 2.75 bits per heavy atom. The van der Waals surface area contributed by atoms with Crippen LogP contribution in [0.1, 0.15) is 55.2 Å². The number of fused-ring (bicyclic) bond motifs is 4. The second-order valence-electron chi connectivity index (χ2n) is 13.1. The summed E-state index contributed by atoms with van der Waals surface area (Å²) >= 11 is 13.0. The van der Waals surface area contributed by atoms with E-state index in [1.54, 1.807) is 35.5 Å². The second kappa shape index (κ2) is 12.0.